The number of nitrogens with zero attached hydrogens (tertiary/aromatic N) is 4. The van der Waals surface area contributed by atoms with Crippen molar-refractivity contribution in [1.29, 1.82) is 0 Å². The number of hydrogen-bond donors (Lipinski definition) is 0. The standard InChI is InChI=1S/C72H50F2N4/c73-48-36-32-46(33-37-48)66-64(77-58-28-14-10-24-52(58)54-40-42-62-69(71(54)77)56-26-12-16-30-60(56)75(62)50-20-6-2-7-21-50)44-65(67(47-34-38-49(74)39-35-47)68(66)45-18-4-1-5-19-45)78-59-29-15-11-25-53(59)55-41-43-63-70(72(55)78)57-27-13-17-31-61(57)76(63)51-22-8-3-9-23-51/h2-3,6-17,20-45H,1,4-5,18-19H2. The number of benzene rings is 11. The fraction of sp³-hybridized carbons (Fsp3) is 0.0833. The van der Waals surface area contributed by atoms with Crippen LogP contribution in [0.2, 0.25) is 0 Å². The van der Waals surface area contributed by atoms with Gasteiger partial charge in [-0.1, -0.05) is 165 Å². The molecule has 0 aliphatic heterocycles. The summed E-state index contributed by atoms with van der Waals surface area (Å²) in [5.41, 5.74) is 18.2. The second-order valence-electron chi connectivity index (χ2n) is 21.2. The van der Waals surface area contributed by atoms with Gasteiger partial charge in [0.25, 0.3) is 0 Å². The van der Waals surface area contributed by atoms with Crippen LogP contribution in [0.1, 0.15) is 43.6 Å². The van der Waals surface area contributed by atoms with Crippen molar-refractivity contribution in [3.8, 4) is 45.0 Å². The fourth-order valence-corrected chi connectivity index (χ4v) is 13.9. The number of rotatable bonds is 7. The third-order valence-corrected chi connectivity index (χ3v) is 17.1. The SMILES string of the molecule is Fc1ccc(-c2c(-n3c4ccccc4c4ccc5c(c6ccccc6n5-c5ccccc5)c43)cc(-n3c4ccccc4c4ccc5c(c6ccccc6n5-c5ccccc5)c43)c(-c3ccc(F)cc3)c2C2CCCCC2)cc1. The molecule has 6 heteroatoms. The van der Waals surface area contributed by atoms with E-state index in [1.165, 1.54) is 5.56 Å². The monoisotopic (exact) mass is 1010 g/mol. The molecule has 0 spiro atoms. The lowest BCUT2D eigenvalue weighted by Crippen LogP contribution is -2.13. The van der Waals surface area contributed by atoms with Crippen molar-refractivity contribution >= 4 is 87.2 Å². The lowest BCUT2D eigenvalue weighted by atomic mass is 9.76. The van der Waals surface area contributed by atoms with Crippen LogP contribution >= 0.6 is 0 Å². The molecule has 0 N–H and O–H groups in total. The third-order valence-electron chi connectivity index (χ3n) is 17.1. The van der Waals surface area contributed by atoms with Crippen molar-refractivity contribution in [2.24, 2.45) is 0 Å². The van der Waals surface area contributed by atoms with Crippen molar-refractivity contribution < 1.29 is 8.78 Å². The van der Waals surface area contributed by atoms with E-state index in [1.807, 2.05) is 24.3 Å². The molecule has 372 valence electrons. The smallest absolute Gasteiger partial charge is 0.123 e. The molecule has 1 fully saturated rings. The zero-order valence-electron chi connectivity index (χ0n) is 42.7. The van der Waals surface area contributed by atoms with Gasteiger partial charge >= 0.3 is 0 Å². The number of halogens is 2. The summed E-state index contributed by atoms with van der Waals surface area (Å²) < 4.78 is 41.0. The van der Waals surface area contributed by atoms with Gasteiger partial charge in [-0.05, 0) is 126 Å². The second kappa shape index (κ2) is 17.5. The lowest BCUT2D eigenvalue weighted by molar-refractivity contribution is 0.445. The molecule has 1 aliphatic carbocycles. The largest absolute Gasteiger partial charge is 0.309 e. The molecule has 0 atom stereocenters. The Morgan fingerprint density at radius 3 is 1.10 bits per heavy atom. The highest BCUT2D eigenvalue weighted by molar-refractivity contribution is 6.28. The Labute approximate surface area is 448 Å². The minimum atomic E-state index is -0.286. The van der Waals surface area contributed by atoms with Gasteiger partial charge in [-0.15, -0.1) is 0 Å². The lowest BCUT2D eigenvalue weighted by Gasteiger charge is -2.32. The molecule has 0 saturated heterocycles. The molecule has 0 radical (unpaired) electrons. The van der Waals surface area contributed by atoms with Gasteiger partial charge in [-0.2, -0.15) is 0 Å². The predicted octanol–water partition coefficient (Wildman–Crippen LogP) is 19.7. The van der Waals surface area contributed by atoms with E-state index in [0.29, 0.717) is 0 Å². The van der Waals surface area contributed by atoms with Crippen molar-refractivity contribution in [1.82, 2.24) is 18.3 Å². The normalized spacial score (nSPS) is 13.5. The molecule has 15 aromatic rings. The Hall–Kier alpha value is -9.52. The van der Waals surface area contributed by atoms with Gasteiger partial charge in [0.15, 0.2) is 0 Å². The summed E-state index contributed by atoms with van der Waals surface area (Å²) in [4.78, 5) is 0. The number of para-hydroxylation sites is 6. The van der Waals surface area contributed by atoms with Crippen LogP contribution in [0.3, 0.4) is 0 Å². The minimum Gasteiger partial charge on any atom is -0.309 e. The first-order valence-corrected chi connectivity index (χ1v) is 27.3. The van der Waals surface area contributed by atoms with Crippen LogP contribution in [-0.4, -0.2) is 18.3 Å². The molecule has 0 unspecified atom stereocenters. The van der Waals surface area contributed by atoms with E-state index < -0.39 is 0 Å². The van der Waals surface area contributed by atoms with Gasteiger partial charge in [0.1, 0.15) is 11.6 Å². The first kappa shape index (κ1) is 44.7. The van der Waals surface area contributed by atoms with Crippen LogP contribution in [0.15, 0.2) is 237 Å². The summed E-state index contributed by atoms with van der Waals surface area (Å²) in [5.74, 6) is -0.448. The van der Waals surface area contributed by atoms with Gasteiger partial charge < -0.3 is 18.3 Å². The summed E-state index contributed by atoms with van der Waals surface area (Å²) in [6, 6.07) is 82.6. The molecular weight excluding hydrogens is 959 g/mol. The van der Waals surface area contributed by atoms with Crippen LogP contribution < -0.4 is 0 Å². The first-order valence-electron chi connectivity index (χ1n) is 27.3. The van der Waals surface area contributed by atoms with Gasteiger partial charge in [0.05, 0.1) is 55.5 Å². The Bertz CT molecular complexity index is 4580. The Morgan fingerprint density at radius 1 is 0.308 bits per heavy atom. The number of fused-ring (bicyclic) bond motifs is 14. The molecule has 78 heavy (non-hydrogen) atoms. The van der Waals surface area contributed by atoms with Gasteiger partial charge in [-0.3, -0.25) is 0 Å². The van der Waals surface area contributed by atoms with E-state index in [1.54, 1.807) is 24.3 Å². The van der Waals surface area contributed by atoms with Crippen LogP contribution in [0, 0.1) is 11.6 Å². The van der Waals surface area contributed by atoms with Crippen LogP contribution in [0.4, 0.5) is 8.78 Å². The van der Waals surface area contributed by atoms with E-state index in [0.717, 1.165) is 164 Å². The zero-order valence-corrected chi connectivity index (χ0v) is 42.7. The molecule has 1 saturated carbocycles. The summed E-state index contributed by atoms with van der Waals surface area (Å²) in [6.07, 6.45) is 5.29. The van der Waals surface area contributed by atoms with Gasteiger partial charge in [0, 0.05) is 65.6 Å². The second-order valence-corrected chi connectivity index (χ2v) is 21.2. The van der Waals surface area contributed by atoms with E-state index in [2.05, 4.69) is 206 Å². The molecule has 4 heterocycles. The topological polar surface area (TPSA) is 19.7 Å². The molecular formula is C72H50F2N4. The van der Waals surface area contributed by atoms with E-state index in [4.69, 9.17) is 0 Å². The zero-order chi connectivity index (χ0) is 51.6. The molecule has 0 bridgehead atoms. The molecule has 16 rings (SSSR count). The molecule has 4 nitrogen and oxygen atoms in total. The average molecular weight is 1010 g/mol. The van der Waals surface area contributed by atoms with Crippen molar-refractivity contribution in [3.05, 3.63) is 254 Å². The predicted molar refractivity (Wildman–Crippen MR) is 320 cm³/mol. The summed E-state index contributed by atoms with van der Waals surface area (Å²) in [5, 5.41) is 9.21. The number of aromatic nitrogens is 4. The van der Waals surface area contributed by atoms with Crippen molar-refractivity contribution in [3.63, 3.8) is 0 Å². The van der Waals surface area contributed by atoms with Crippen molar-refractivity contribution in [2.45, 2.75) is 38.0 Å². The molecule has 4 aromatic heterocycles. The highest BCUT2D eigenvalue weighted by Crippen LogP contribution is 2.53. The third kappa shape index (κ3) is 6.56. The fourth-order valence-electron chi connectivity index (χ4n) is 13.9. The van der Waals surface area contributed by atoms with E-state index >= 15 is 8.78 Å². The van der Waals surface area contributed by atoms with Crippen molar-refractivity contribution in [2.75, 3.05) is 0 Å². The van der Waals surface area contributed by atoms with Gasteiger partial charge in [-0.25, -0.2) is 8.78 Å². The first-order chi connectivity index (χ1) is 38.6. The molecule has 0 amide bonds. The summed E-state index contributed by atoms with van der Waals surface area (Å²) in [6.45, 7) is 0. The Morgan fingerprint density at radius 2 is 0.679 bits per heavy atom. The van der Waals surface area contributed by atoms with Gasteiger partial charge in [0.2, 0.25) is 0 Å². The Balaban J connectivity index is 1.16. The highest BCUT2D eigenvalue weighted by Gasteiger charge is 2.33. The van der Waals surface area contributed by atoms with Crippen LogP contribution in [0.25, 0.3) is 132 Å². The average Bonchev–Trinajstić information content (AvgIpc) is 4.35. The maximum absolute atomic E-state index is 15.5. The number of hydrogen-bond acceptors (Lipinski definition) is 0. The van der Waals surface area contributed by atoms with E-state index in [9.17, 15) is 0 Å². The summed E-state index contributed by atoms with van der Waals surface area (Å²) >= 11 is 0. The van der Waals surface area contributed by atoms with E-state index in [-0.39, 0.29) is 17.6 Å². The maximum atomic E-state index is 15.5. The highest BCUT2D eigenvalue weighted by atomic mass is 19.1. The quantitative estimate of drug-likeness (QED) is 0.152. The molecule has 11 aromatic carbocycles. The van der Waals surface area contributed by atoms with Crippen LogP contribution in [-0.2, 0) is 0 Å². The maximum Gasteiger partial charge on any atom is 0.123 e. The Kier molecular flexibility index (Phi) is 10.0. The molecule has 1 aliphatic rings. The van der Waals surface area contributed by atoms with Crippen LogP contribution in [0.5, 0.6) is 0 Å². The summed E-state index contributed by atoms with van der Waals surface area (Å²) in [7, 11) is 0. The minimum absolute atomic E-state index is 0.124.